The highest BCUT2D eigenvalue weighted by Gasteiger charge is 2.35. The Morgan fingerprint density at radius 3 is 2.42 bits per heavy atom. The van der Waals surface area contributed by atoms with Crippen LogP contribution in [0.5, 0.6) is 0 Å². The summed E-state index contributed by atoms with van der Waals surface area (Å²) >= 11 is 0. The smallest absolute Gasteiger partial charge is 0.270 e. The number of fused-ring (bicyclic) bond motifs is 1. The fourth-order valence-corrected chi connectivity index (χ4v) is 3.97. The van der Waals surface area contributed by atoms with Crippen molar-refractivity contribution < 1.29 is 18.1 Å². The minimum Gasteiger partial charge on any atom is -0.312 e. The zero-order chi connectivity index (χ0) is 17.5. The predicted octanol–water partition coefficient (Wildman–Crippen LogP) is 1.77. The van der Waals surface area contributed by atoms with Gasteiger partial charge in [0.2, 0.25) is 5.91 Å². The van der Waals surface area contributed by atoms with Crippen molar-refractivity contribution in [3.63, 3.8) is 0 Å². The Labute approximate surface area is 138 Å². The van der Waals surface area contributed by atoms with E-state index >= 15 is 0 Å². The third kappa shape index (κ3) is 2.48. The Morgan fingerprint density at radius 2 is 1.75 bits per heavy atom. The van der Waals surface area contributed by atoms with Crippen molar-refractivity contribution in [2.24, 2.45) is 0 Å². The van der Waals surface area contributed by atoms with Gasteiger partial charge in [-0.3, -0.25) is 19.2 Å². The van der Waals surface area contributed by atoms with Gasteiger partial charge in [0.25, 0.3) is 15.7 Å². The van der Waals surface area contributed by atoms with Gasteiger partial charge in [0.1, 0.15) is 6.54 Å². The molecule has 0 saturated carbocycles. The van der Waals surface area contributed by atoms with Crippen LogP contribution in [0, 0.1) is 10.1 Å². The molecule has 0 N–H and O–H groups in total. The maximum atomic E-state index is 12.9. The molecule has 0 aromatic heterocycles. The van der Waals surface area contributed by atoms with Gasteiger partial charge in [0.15, 0.2) is 0 Å². The summed E-state index contributed by atoms with van der Waals surface area (Å²) in [7, 11) is -2.54. The lowest BCUT2D eigenvalue weighted by molar-refractivity contribution is -0.385. The largest absolute Gasteiger partial charge is 0.312 e. The lowest BCUT2D eigenvalue weighted by Gasteiger charge is -2.34. The van der Waals surface area contributed by atoms with E-state index < -0.39 is 14.9 Å². The molecule has 1 heterocycles. The summed E-state index contributed by atoms with van der Waals surface area (Å²) < 4.78 is 26.8. The highest BCUT2D eigenvalue weighted by atomic mass is 32.2. The first kappa shape index (κ1) is 15.9. The number of carbonyl (C=O) groups is 1. The Kier molecular flexibility index (Phi) is 3.72. The molecule has 3 rings (SSSR count). The minimum atomic E-state index is -4.11. The maximum Gasteiger partial charge on any atom is 0.270 e. The van der Waals surface area contributed by atoms with Gasteiger partial charge in [0, 0.05) is 19.2 Å². The van der Waals surface area contributed by atoms with Crippen LogP contribution in [0.25, 0.3) is 0 Å². The van der Waals surface area contributed by atoms with E-state index in [0.717, 1.165) is 10.4 Å². The van der Waals surface area contributed by atoms with E-state index in [4.69, 9.17) is 0 Å². The molecule has 0 saturated heterocycles. The first-order chi connectivity index (χ1) is 11.3. The van der Waals surface area contributed by atoms with Gasteiger partial charge in [-0.05, 0) is 18.2 Å². The molecule has 124 valence electrons. The molecule has 2 aromatic carbocycles. The average Bonchev–Trinajstić information content (AvgIpc) is 2.58. The number of anilines is 2. The second-order valence-electron chi connectivity index (χ2n) is 5.21. The number of non-ortho nitro benzene ring substituents is 1. The van der Waals surface area contributed by atoms with Crippen molar-refractivity contribution in [1.29, 1.82) is 0 Å². The number of rotatable bonds is 3. The summed E-state index contributed by atoms with van der Waals surface area (Å²) in [4.78, 5) is 23.5. The SMILES string of the molecule is CN1C(=O)CN(S(=O)(=O)c2cccc([N+](=O)[O-])c2)c2ccccc21. The molecule has 0 spiro atoms. The molecular weight excluding hydrogens is 334 g/mol. The monoisotopic (exact) mass is 347 g/mol. The van der Waals surface area contributed by atoms with Gasteiger partial charge in [-0.2, -0.15) is 0 Å². The van der Waals surface area contributed by atoms with Crippen LogP contribution in [0.4, 0.5) is 17.1 Å². The number of benzene rings is 2. The van der Waals surface area contributed by atoms with E-state index in [9.17, 15) is 23.3 Å². The summed E-state index contributed by atoms with van der Waals surface area (Å²) in [6.07, 6.45) is 0. The highest BCUT2D eigenvalue weighted by molar-refractivity contribution is 7.92. The zero-order valence-corrected chi connectivity index (χ0v) is 13.4. The summed E-state index contributed by atoms with van der Waals surface area (Å²) in [6.45, 7) is -0.363. The first-order valence-electron chi connectivity index (χ1n) is 6.95. The topological polar surface area (TPSA) is 101 Å². The fraction of sp³-hybridized carbons (Fsp3) is 0.133. The van der Waals surface area contributed by atoms with Crippen LogP contribution in [-0.2, 0) is 14.8 Å². The van der Waals surface area contributed by atoms with Crippen molar-refractivity contribution in [3.8, 4) is 0 Å². The van der Waals surface area contributed by atoms with Crippen LogP contribution < -0.4 is 9.21 Å². The fourth-order valence-electron chi connectivity index (χ4n) is 2.51. The van der Waals surface area contributed by atoms with Gasteiger partial charge in [-0.25, -0.2) is 8.42 Å². The number of likely N-dealkylation sites (N-methyl/N-ethyl adjacent to an activating group) is 1. The van der Waals surface area contributed by atoms with Crippen LogP contribution in [0.3, 0.4) is 0 Å². The highest BCUT2D eigenvalue weighted by Crippen LogP contribution is 2.36. The van der Waals surface area contributed by atoms with Gasteiger partial charge < -0.3 is 4.90 Å². The number of nitro groups is 1. The van der Waals surface area contributed by atoms with Crippen molar-refractivity contribution >= 4 is 33.0 Å². The van der Waals surface area contributed by atoms with E-state index in [0.29, 0.717) is 11.4 Å². The number of hydrogen-bond donors (Lipinski definition) is 0. The lowest BCUT2D eigenvalue weighted by Crippen LogP contribution is -2.46. The quantitative estimate of drug-likeness (QED) is 0.622. The zero-order valence-electron chi connectivity index (χ0n) is 12.6. The standard InChI is InChI=1S/C15H13N3O5S/c1-16-13-7-2-3-8-14(13)17(10-15(16)19)24(22,23)12-6-4-5-11(9-12)18(20)21/h2-9H,10H2,1H3. The van der Waals surface area contributed by atoms with Crippen LogP contribution in [0.1, 0.15) is 0 Å². The normalized spacial score (nSPS) is 14.5. The van der Waals surface area contributed by atoms with Gasteiger partial charge in [-0.1, -0.05) is 18.2 Å². The molecular formula is C15H13N3O5S. The van der Waals surface area contributed by atoms with E-state index in [1.807, 2.05) is 0 Å². The average molecular weight is 347 g/mol. The molecule has 0 fully saturated rings. The number of nitro benzene ring substituents is 1. The van der Waals surface area contributed by atoms with E-state index in [2.05, 4.69) is 0 Å². The first-order valence-corrected chi connectivity index (χ1v) is 8.39. The molecule has 0 bridgehead atoms. The summed E-state index contributed by atoms with van der Waals surface area (Å²) in [5, 5.41) is 10.9. The molecule has 24 heavy (non-hydrogen) atoms. The van der Waals surface area contributed by atoms with Crippen molar-refractivity contribution in [1.82, 2.24) is 0 Å². The summed E-state index contributed by atoms with van der Waals surface area (Å²) in [5.41, 5.74) is 0.485. The van der Waals surface area contributed by atoms with E-state index in [1.54, 1.807) is 31.3 Å². The van der Waals surface area contributed by atoms with E-state index in [-0.39, 0.29) is 23.0 Å². The van der Waals surface area contributed by atoms with E-state index in [1.165, 1.54) is 23.1 Å². The van der Waals surface area contributed by atoms with Crippen molar-refractivity contribution in [2.45, 2.75) is 4.90 Å². The van der Waals surface area contributed by atoms with Gasteiger partial charge in [-0.15, -0.1) is 0 Å². The molecule has 1 aliphatic heterocycles. The Balaban J connectivity index is 2.14. The number of para-hydroxylation sites is 2. The van der Waals surface area contributed by atoms with Crippen LogP contribution in [-0.4, -0.2) is 32.8 Å². The molecule has 8 nitrogen and oxygen atoms in total. The molecule has 9 heteroatoms. The second-order valence-corrected chi connectivity index (χ2v) is 7.07. The second kappa shape index (κ2) is 5.60. The minimum absolute atomic E-state index is 0.233. The Morgan fingerprint density at radius 1 is 1.08 bits per heavy atom. The third-order valence-electron chi connectivity index (χ3n) is 3.78. The van der Waals surface area contributed by atoms with Gasteiger partial charge in [0.05, 0.1) is 21.2 Å². The Hall–Kier alpha value is -2.94. The maximum absolute atomic E-state index is 12.9. The van der Waals surface area contributed by atoms with Crippen molar-refractivity contribution in [3.05, 3.63) is 58.6 Å². The van der Waals surface area contributed by atoms with Crippen LogP contribution >= 0.6 is 0 Å². The number of carbonyl (C=O) groups excluding carboxylic acids is 1. The molecule has 1 amide bonds. The molecule has 2 aromatic rings. The lowest BCUT2D eigenvalue weighted by atomic mass is 10.2. The summed E-state index contributed by atoms with van der Waals surface area (Å²) in [6, 6.07) is 11.4. The van der Waals surface area contributed by atoms with Crippen LogP contribution in [0.2, 0.25) is 0 Å². The molecule has 0 aliphatic carbocycles. The molecule has 0 atom stereocenters. The van der Waals surface area contributed by atoms with Gasteiger partial charge >= 0.3 is 0 Å². The molecule has 0 unspecified atom stereocenters. The molecule has 1 aliphatic rings. The predicted molar refractivity (Wildman–Crippen MR) is 87.5 cm³/mol. The van der Waals surface area contributed by atoms with Crippen molar-refractivity contribution in [2.75, 3.05) is 22.8 Å². The summed E-state index contributed by atoms with van der Waals surface area (Å²) in [5.74, 6) is -0.386. The number of hydrogen-bond acceptors (Lipinski definition) is 5. The number of amides is 1. The number of sulfonamides is 1. The Bertz CT molecular complexity index is 942. The number of nitrogens with zero attached hydrogens (tertiary/aromatic N) is 3. The van der Waals surface area contributed by atoms with Crippen LogP contribution in [0.15, 0.2) is 53.4 Å². The third-order valence-corrected chi connectivity index (χ3v) is 5.54. The molecule has 0 radical (unpaired) electrons.